The van der Waals surface area contributed by atoms with Crippen LogP contribution in [-0.2, 0) is 9.53 Å². The van der Waals surface area contributed by atoms with E-state index in [2.05, 4.69) is 9.80 Å². The highest BCUT2D eigenvalue weighted by molar-refractivity contribution is 5.83. The van der Waals surface area contributed by atoms with Crippen LogP contribution in [0.1, 0.15) is 11.6 Å². The van der Waals surface area contributed by atoms with Crippen molar-refractivity contribution in [3.05, 3.63) is 35.6 Å². The number of hydrogen-bond donors (Lipinski definition) is 0. The molecule has 2 fully saturated rings. The van der Waals surface area contributed by atoms with Crippen molar-refractivity contribution in [2.75, 3.05) is 79.7 Å². The Labute approximate surface area is 161 Å². The Bertz CT molecular complexity index is 614. The standard InChI is InChI=1S/C20H31FN4O2/c1-22(2)19(17-4-3-5-18(21)16-17)20(26)25-10-8-23(9-11-25)6-7-24-12-14-27-15-13-24/h3-5,16,19H,6-15H2,1-2H3/t19-/m0/s1. The predicted molar refractivity (Wildman–Crippen MR) is 103 cm³/mol. The number of benzene rings is 1. The lowest BCUT2D eigenvalue weighted by atomic mass is 10.0. The van der Waals surface area contributed by atoms with Gasteiger partial charge in [-0.1, -0.05) is 12.1 Å². The molecule has 0 spiro atoms. The van der Waals surface area contributed by atoms with Gasteiger partial charge in [0.25, 0.3) is 0 Å². The zero-order chi connectivity index (χ0) is 19.2. The molecule has 3 rings (SSSR count). The molecule has 1 aromatic rings. The fourth-order valence-corrected chi connectivity index (χ4v) is 3.81. The van der Waals surface area contributed by atoms with Crippen LogP contribution in [0.3, 0.4) is 0 Å². The third-order valence-corrected chi connectivity index (χ3v) is 5.43. The van der Waals surface area contributed by atoms with Crippen molar-refractivity contribution in [1.82, 2.24) is 19.6 Å². The number of carbonyl (C=O) groups excluding carboxylic acids is 1. The second kappa shape index (κ2) is 9.59. The van der Waals surface area contributed by atoms with Crippen LogP contribution in [0, 0.1) is 5.82 Å². The van der Waals surface area contributed by atoms with Crippen LogP contribution in [-0.4, -0.2) is 105 Å². The van der Waals surface area contributed by atoms with Gasteiger partial charge in [0.05, 0.1) is 13.2 Å². The first-order chi connectivity index (χ1) is 13.0. The molecule has 0 bridgehead atoms. The van der Waals surface area contributed by atoms with Crippen molar-refractivity contribution in [3.8, 4) is 0 Å². The van der Waals surface area contributed by atoms with E-state index in [4.69, 9.17) is 4.74 Å². The van der Waals surface area contributed by atoms with Gasteiger partial charge in [0, 0.05) is 52.4 Å². The number of rotatable bonds is 6. The molecule has 2 heterocycles. The third kappa shape index (κ3) is 5.48. The van der Waals surface area contributed by atoms with Crippen LogP contribution in [0.15, 0.2) is 24.3 Å². The number of morpholine rings is 1. The Morgan fingerprint density at radius 3 is 2.30 bits per heavy atom. The van der Waals surface area contributed by atoms with Crippen LogP contribution < -0.4 is 0 Å². The number of nitrogens with zero attached hydrogens (tertiary/aromatic N) is 4. The Morgan fingerprint density at radius 1 is 1.07 bits per heavy atom. The molecule has 0 unspecified atom stereocenters. The number of ether oxygens (including phenoxy) is 1. The van der Waals surface area contributed by atoms with Crippen molar-refractivity contribution < 1.29 is 13.9 Å². The van der Waals surface area contributed by atoms with Gasteiger partial charge in [-0.25, -0.2) is 4.39 Å². The maximum absolute atomic E-state index is 13.6. The Morgan fingerprint density at radius 2 is 1.70 bits per heavy atom. The van der Waals surface area contributed by atoms with Crippen LogP contribution in [0.4, 0.5) is 4.39 Å². The third-order valence-electron chi connectivity index (χ3n) is 5.43. The van der Waals surface area contributed by atoms with E-state index in [1.165, 1.54) is 12.1 Å². The van der Waals surface area contributed by atoms with Gasteiger partial charge >= 0.3 is 0 Å². The molecule has 2 aliphatic heterocycles. The highest BCUT2D eigenvalue weighted by atomic mass is 19.1. The molecule has 2 saturated heterocycles. The summed E-state index contributed by atoms with van der Waals surface area (Å²) in [4.78, 5) is 21.7. The molecule has 1 aromatic carbocycles. The summed E-state index contributed by atoms with van der Waals surface area (Å²) in [5.74, 6) is -0.251. The second-order valence-corrected chi connectivity index (χ2v) is 7.54. The molecule has 0 aliphatic carbocycles. The molecule has 0 radical (unpaired) electrons. The average molecular weight is 378 g/mol. The number of carbonyl (C=O) groups is 1. The lowest BCUT2D eigenvalue weighted by Gasteiger charge is -2.38. The van der Waals surface area contributed by atoms with Crippen molar-refractivity contribution in [3.63, 3.8) is 0 Å². The summed E-state index contributed by atoms with van der Waals surface area (Å²) in [6, 6.07) is 5.91. The molecular weight excluding hydrogens is 347 g/mol. The van der Waals surface area contributed by atoms with Gasteiger partial charge in [0.1, 0.15) is 11.9 Å². The number of hydrogen-bond acceptors (Lipinski definition) is 5. The van der Waals surface area contributed by atoms with E-state index in [-0.39, 0.29) is 11.7 Å². The molecule has 6 nitrogen and oxygen atoms in total. The Balaban J connectivity index is 1.52. The summed E-state index contributed by atoms with van der Waals surface area (Å²) >= 11 is 0. The van der Waals surface area contributed by atoms with E-state index in [1.807, 2.05) is 30.0 Å². The average Bonchev–Trinajstić information content (AvgIpc) is 2.67. The van der Waals surface area contributed by atoms with Crippen LogP contribution in [0.25, 0.3) is 0 Å². The highest BCUT2D eigenvalue weighted by Gasteiger charge is 2.30. The van der Waals surface area contributed by atoms with E-state index in [0.29, 0.717) is 5.56 Å². The van der Waals surface area contributed by atoms with Crippen LogP contribution in [0.5, 0.6) is 0 Å². The first-order valence-electron chi connectivity index (χ1n) is 9.78. The Kier molecular flexibility index (Phi) is 7.18. The maximum atomic E-state index is 13.6. The lowest BCUT2D eigenvalue weighted by molar-refractivity contribution is -0.138. The first kappa shape index (κ1) is 20.2. The van der Waals surface area contributed by atoms with Gasteiger partial charge < -0.3 is 9.64 Å². The van der Waals surface area contributed by atoms with Crippen LogP contribution in [0.2, 0.25) is 0 Å². The van der Waals surface area contributed by atoms with Gasteiger partial charge in [0.15, 0.2) is 0 Å². The van der Waals surface area contributed by atoms with E-state index in [1.54, 1.807) is 6.07 Å². The molecule has 0 aromatic heterocycles. The molecule has 27 heavy (non-hydrogen) atoms. The fourth-order valence-electron chi connectivity index (χ4n) is 3.81. The molecule has 2 aliphatic rings. The number of likely N-dealkylation sites (N-methyl/N-ethyl adjacent to an activating group) is 1. The zero-order valence-electron chi connectivity index (χ0n) is 16.4. The van der Waals surface area contributed by atoms with Crippen molar-refractivity contribution >= 4 is 5.91 Å². The minimum absolute atomic E-state index is 0.0541. The molecule has 1 amide bonds. The van der Waals surface area contributed by atoms with E-state index < -0.39 is 6.04 Å². The van der Waals surface area contributed by atoms with Crippen molar-refractivity contribution in [2.45, 2.75) is 6.04 Å². The molecule has 0 N–H and O–H groups in total. The maximum Gasteiger partial charge on any atom is 0.244 e. The summed E-state index contributed by atoms with van der Waals surface area (Å²) in [6.07, 6.45) is 0. The number of amides is 1. The number of piperazine rings is 1. The van der Waals surface area contributed by atoms with Crippen LogP contribution >= 0.6 is 0 Å². The summed E-state index contributed by atoms with van der Waals surface area (Å²) < 4.78 is 19.0. The SMILES string of the molecule is CN(C)[C@H](C(=O)N1CCN(CCN2CCOCC2)CC1)c1cccc(F)c1. The number of halogens is 1. The van der Waals surface area contributed by atoms with Gasteiger partial charge in [-0.2, -0.15) is 0 Å². The van der Waals surface area contributed by atoms with Gasteiger partial charge in [-0.05, 0) is 31.8 Å². The smallest absolute Gasteiger partial charge is 0.244 e. The fraction of sp³-hybridized carbons (Fsp3) is 0.650. The largest absolute Gasteiger partial charge is 0.379 e. The normalized spacial score (nSPS) is 20.8. The van der Waals surface area contributed by atoms with Crippen molar-refractivity contribution in [1.29, 1.82) is 0 Å². The minimum atomic E-state index is -0.444. The summed E-state index contributed by atoms with van der Waals surface area (Å²) in [6.45, 7) is 8.99. The van der Waals surface area contributed by atoms with E-state index in [0.717, 1.165) is 65.6 Å². The molecule has 150 valence electrons. The topological polar surface area (TPSA) is 39.3 Å². The van der Waals surface area contributed by atoms with E-state index >= 15 is 0 Å². The lowest BCUT2D eigenvalue weighted by Crippen LogP contribution is -2.53. The Hall–Kier alpha value is -1.54. The minimum Gasteiger partial charge on any atom is -0.379 e. The predicted octanol–water partition coefficient (Wildman–Crippen LogP) is 0.905. The molecule has 7 heteroatoms. The molecular formula is C20H31FN4O2. The summed E-state index contributed by atoms with van der Waals surface area (Å²) in [5, 5.41) is 0. The highest BCUT2D eigenvalue weighted by Crippen LogP contribution is 2.22. The summed E-state index contributed by atoms with van der Waals surface area (Å²) in [5.41, 5.74) is 0.708. The van der Waals surface area contributed by atoms with E-state index in [9.17, 15) is 9.18 Å². The quantitative estimate of drug-likeness (QED) is 0.736. The monoisotopic (exact) mass is 378 g/mol. The molecule has 0 saturated carbocycles. The zero-order valence-corrected chi connectivity index (χ0v) is 16.4. The van der Waals surface area contributed by atoms with Gasteiger partial charge in [0.2, 0.25) is 5.91 Å². The molecule has 1 atom stereocenters. The van der Waals surface area contributed by atoms with Gasteiger partial charge in [-0.3, -0.25) is 19.5 Å². The summed E-state index contributed by atoms with van der Waals surface area (Å²) in [7, 11) is 3.73. The van der Waals surface area contributed by atoms with Gasteiger partial charge in [-0.15, -0.1) is 0 Å². The first-order valence-corrected chi connectivity index (χ1v) is 9.78. The van der Waals surface area contributed by atoms with Crippen molar-refractivity contribution in [2.24, 2.45) is 0 Å². The second-order valence-electron chi connectivity index (χ2n) is 7.54.